The summed E-state index contributed by atoms with van der Waals surface area (Å²) in [6.07, 6.45) is 1.04. The Hall–Kier alpha value is -3.60. The van der Waals surface area contributed by atoms with E-state index < -0.39 is 23.3 Å². The summed E-state index contributed by atoms with van der Waals surface area (Å²) < 4.78 is 16.3. The molecule has 2 heterocycles. The first-order valence-electron chi connectivity index (χ1n) is 13.1. The predicted octanol–water partition coefficient (Wildman–Crippen LogP) is 4.63. The Balaban J connectivity index is 1.67. The molecule has 1 fully saturated rings. The molecule has 1 aliphatic heterocycles. The molecule has 214 valence electrons. The number of pyridine rings is 1. The van der Waals surface area contributed by atoms with E-state index in [0.717, 1.165) is 26.1 Å². The van der Waals surface area contributed by atoms with Crippen LogP contribution in [0.3, 0.4) is 0 Å². The number of hydrogen-bond acceptors (Lipinski definition) is 9. The standard InChI is InChI=1S/C28H40N4O7/c1-27(2,3)38-25(35)32-15-13-31(14-16-32)12-8-11-30(7)19-17-21-20(24(33)34)9-10-29-23(21)22(18-19)37-26(36)39-28(4,5)6/h9-10,17-18H,8,11-16H2,1-7H3,(H,33,34). The van der Waals surface area contributed by atoms with Gasteiger partial charge in [-0.05, 0) is 66.6 Å². The van der Waals surface area contributed by atoms with Gasteiger partial charge in [-0.25, -0.2) is 14.4 Å². The molecule has 39 heavy (non-hydrogen) atoms. The smallest absolute Gasteiger partial charge is 0.478 e. The number of benzene rings is 1. The van der Waals surface area contributed by atoms with Crippen molar-refractivity contribution in [1.29, 1.82) is 0 Å². The average Bonchev–Trinajstić information content (AvgIpc) is 2.81. The molecule has 0 spiro atoms. The molecule has 3 rings (SSSR count). The van der Waals surface area contributed by atoms with Crippen molar-refractivity contribution in [1.82, 2.24) is 14.8 Å². The molecule has 1 aromatic heterocycles. The number of anilines is 1. The maximum absolute atomic E-state index is 12.4. The first-order valence-corrected chi connectivity index (χ1v) is 13.1. The van der Waals surface area contributed by atoms with Gasteiger partial charge in [-0.15, -0.1) is 0 Å². The number of carboxylic acid groups (broad SMARTS) is 1. The van der Waals surface area contributed by atoms with E-state index in [-0.39, 0.29) is 22.9 Å². The summed E-state index contributed by atoms with van der Waals surface area (Å²) in [6, 6.07) is 4.83. The maximum Gasteiger partial charge on any atom is 0.514 e. The van der Waals surface area contributed by atoms with E-state index in [9.17, 15) is 19.5 Å². The van der Waals surface area contributed by atoms with Gasteiger partial charge in [-0.3, -0.25) is 9.88 Å². The SMILES string of the molecule is CN(CCCN1CCN(C(=O)OC(C)(C)C)CC1)c1cc(OC(=O)OC(C)(C)C)c2nccc(C(=O)O)c2c1. The third kappa shape index (κ3) is 8.71. The normalized spacial score (nSPS) is 14.7. The average molecular weight is 545 g/mol. The zero-order valence-electron chi connectivity index (χ0n) is 23.9. The summed E-state index contributed by atoms with van der Waals surface area (Å²) in [4.78, 5) is 46.9. The molecule has 0 unspecified atom stereocenters. The van der Waals surface area contributed by atoms with Gasteiger partial charge < -0.3 is 29.1 Å². The van der Waals surface area contributed by atoms with E-state index in [1.807, 2.05) is 32.7 Å². The van der Waals surface area contributed by atoms with Gasteiger partial charge in [0, 0.05) is 63.1 Å². The Morgan fingerprint density at radius 3 is 2.23 bits per heavy atom. The highest BCUT2D eigenvalue weighted by Gasteiger charge is 2.26. The van der Waals surface area contributed by atoms with Gasteiger partial charge >= 0.3 is 18.2 Å². The second-order valence-electron chi connectivity index (χ2n) is 11.7. The number of ether oxygens (including phenoxy) is 3. The van der Waals surface area contributed by atoms with Crippen LogP contribution in [0.15, 0.2) is 24.4 Å². The number of aromatic nitrogens is 1. The predicted molar refractivity (Wildman–Crippen MR) is 148 cm³/mol. The molecule has 1 N–H and O–H groups in total. The lowest BCUT2D eigenvalue weighted by Crippen LogP contribution is -2.50. The molecule has 0 bridgehead atoms. The van der Waals surface area contributed by atoms with Crippen molar-refractivity contribution < 1.29 is 33.7 Å². The van der Waals surface area contributed by atoms with E-state index in [0.29, 0.717) is 30.7 Å². The number of aromatic carboxylic acids is 1. The van der Waals surface area contributed by atoms with Crippen molar-refractivity contribution in [2.45, 2.75) is 59.2 Å². The molecule has 1 aromatic carbocycles. The monoisotopic (exact) mass is 544 g/mol. The minimum Gasteiger partial charge on any atom is -0.478 e. The molecule has 2 aromatic rings. The van der Waals surface area contributed by atoms with Crippen LogP contribution in [-0.2, 0) is 9.47 Å². The third-order valence-corrected chi connectivity index (χ3v) is 6.04. The van der Waals surface area contributed by atoms with Crippen molar-refractivity contribution >= 4 is 34.8 Å². The number of rotatable bonds is 7. The number of hydrogen-bond donors (Lipinski definition) is 1. The lowest BCUT2D eigenvalue weighted by molar-refractivity contribution is 0.0143. The van der Waals surface area contributed by atoms with Crippen molar-refractivity contribution in [2.75, 3.05) is 51.2 Å². The fourth-order valence-electron chi connectivity index (χ4n) is 4.19. The summed E-state index contributed by atoms with van der Waals surface area (Å²) in [6.45, 7) is 15.0. The Kier molecular flexibility index (Phi) is 9.26. The number of carbonyl (C=O) groups excluding carboxylic acids is 2. The zero-order valence-corrected chi connectivity index (χ0v) is 23.9. The van der Waals surface area contributed by atoms with Crippen molar-refractivity contribution in [2.24, 2.45) is 0 Å². The van der Waals surface area contributed by atoms with Gasteiger partial charge in [0.25, 0.3) is 0 Å². The van der Waals surface area contributed by atoms with Gasteiger partial charge in [-0.2, -0.15) is 0 Å². The summed E-state index contributed by atoms with van der Waals surface area (Å²) in [7, 11) is 1.90. The maximum atomic E-state index is 12.4. The van der Waals surface area contributed by atoms with Crippen LogP contribution in [-0.4, -0.2) is 95.6 Å². The Morgan fingerprint density at radius 2 is 1.64 bits per heavy atom. The number of nitrogens with zero attached hydrogens (tertiary/aromatic N) is 4. The molecule has 11 heteroatoms. The van der Waals surface area contributed by atoms with Gasteiger partial charge in [0.2, 0.25) is 0 Å². The van der Waals surface area contributed by atoms with E-state index in [1.54, 1.807) is 37.8 Å². The van der Waals surface area contributed by atoms with Crippen molar-refractivity contribution in [3.63, 3.8) is 0 Å². The molecule has 1 amide bonds. The topological polar surface area (TPSA) is 122 Å². The largest absolute Gasteiger partial charge is 0.514 e. The summed E-state index contributed by atoms with van der Waals surface area (Å²) in [5.74, 6) is -0.971. The molecule has 0 radical (unpaired) electrons. The highest BCUT2D eigenvalue weighted by molar-refractivity contribution is 6.05. The number of amides is 1. The lowest BCUT2D eigenvalue weighted by Gasteiger charge is -2.35. The number of carboxylic acids is 1. The Bertz CT molecular complexity index is 1190. The number of piperazine rings is 1. The van der Waals surface area contributed by atoms with E-state index in [2.05, 4.69) is 9.88 Å². The van der Waals surface area contributed by atoms with Gasteiger partial charge in [-0.1, -0.05) is 0 Å². The van der Waals surface area contributed by atoms with Gasteiger partial charge in [0.1, 0.15) is 16.7 Å². The summed E-state index contributed by atoms with van der Waals surface area (Å²) >= 11 is 0. The second kappa shape index (κ2) is 12.1. The van der Waals surface area contributed by atoms with Crippen LogP contribution in [0.5, 0.6) is 5.75 Å². The van der Waals surface area contributed by atoms with Gasteiger partial charge in [0.15, 0.2) is 5.75 Å². The zero-order chi connectivity index (χ0) is 29.0. The molecule has 1 saturated heterocycles. The minimum absolute atomic E-state index is 0.0622. The highest BCUT2D eigenvalue weighted by atomic mass is 16.7. The molecule has 0 saturated carbocycles. The van der Waals surface area contributed by atoms with Crippen LogP contribution in [0, 0.1) is 0 Å². The molecule has 1 aliphatic rings. The molecule has 0 aliphatic carbocycles. The van der Waals surface area contributed by atoms with E-state index >= 15 is 0 Å². The minimum atomic E-state index is -1.10. The quantitative estimate of drug-likeness (QED) is 0.390. The van der Waals surface area contributed by atoms with Gasteiger partial charge in [0.05, 0.1) is 5.56 Å². The number of carbonyl (C=O) groups is 3. The van der Waals surface area contributed by atoms with Crippen molar-refractivity contribution in [3.05, 3.63) is 30.0 Å². The molecule has 11 nitrogen and oxygen atoms in total. The van der Waals surface area contributed by atoms with Crippen LogP contribution >= 0.6 is 0 Å². The highest BCUT2D eigenvalue weighted by Crippen LogP contribution is 2.33. The van der Waals surface area contributed by atoms with Crippen LogP contribution in [0.4, 0.5) is 15.3 Å². The summed E-state index contributed by atoms with van der Waals surface area (Å²) in [5, 5.41) is 10.1. The fourth-order valence-corrected chi connectivity index (χ4v) is 4.19. The van der Waals surface area contributed by atoms with Crippen LogP contribution in [0.25, 0.3) is 10.9 Å². The second-order valence-corrected chi connectivity index (χ2v) is 11.7. The fraction of sp³-hybridized carbons (Fsp3) is 0.571. The first kappa shape index (κ1) is 29.9. The van der Waals surface area contributed by atoms with Crippen molar-refractivity contribution in [3.8, 4) is 5.75 Å². The molecular weight excluding hydrogens is 504 g/mol. The molecular formula is C28H40N4O7. The third-order valence-electron chi connectivity index (χ3n) is 6.04. The first-order chi connectivity index (χ1) is 18.1. The Labute approximate surface area is 229 Å². The van der Waals surface area contributed by atoms with Crippen LogP contribution in [0.1, 0.15) is 58.3 Å². The molecule has 0 atom stereocenters. The lowest BCUT2D eigenvalue weighted by atomic mass is 10.1. The van der Waals surface area contributed by atoms with E-state index in [4.69, 9.17) is 14.2 Å². The van der Waals surface area contributed by atoms with Crippen LogP contribution in [0.2, 0.25) is 0 Å². The number of fused-ring (bicyclic) bond motifs is 1. The summed E-state index contributed by atoms with van der Waals surface area (Å²) in [5.41, 5.74) is -0.251. The Morgan fingerprint density at radius 1 is 1.00 bits per heavy atom. The van der Waals surface area contributed by atoms with Crippen LogP contribution < -0.4 is 9.64 Å². The van der Waals surface area contributed by atoms with E-state index in [1.165, 1.54) is 12.3 Å².